The van der Waals surface area contributed by atoms with Gasteiger partial charge in [-0.05, 0) is 31.4 Å². The monoisotopic (exact) mass is 294 g/mol. The molecule has 3 N–H and O–H groups in total. The van der Waals surface area contributed by atoms with Crippen molar-refractivity contribution in [3.8, 4) is 0 Å². The van der Waals surface area contributed by atoms with E-state index in [9.17, 15) is 4.79 Å². The van der Waals surface area contributed by atoms with Crippen LogP contribution in [-0.4, -0.2) is 11.9 Å². The summed E-state index contributed by atoms with van der Waals surface area (Å²) in [6.07, 6.45) is 5.23. The lowest BCUT2D eigenvalue weighted by atomic mass is 9.94. The number of nitrogens with two attached hydrogens (primary N) is 1. The fourth-order valence-electron chi connectivity index (χ4n) is 2.89. The van der Waals surface area contributed by atoms with Crippen LogP contribution in [0.3, 0.4) is 0 Å². The van der Waals surface area contributed by atoms with E-state index in [2.05, 4.69) is 5.32 Å². The second-order valence-electron chi connectivity index (χ2n) is 5.66. The molecule has 1 aliphatic carbocycles. The summed E-state index contributed by atoms with van der Waals surface area (Å²) in [6, 6.07) is 7.50. The molecule has 1 aliphatic rings. The van der Waals surface area contributed by atoms with Gasteiger partial charge >= 0.3 is 0 Å². The molecule has 0 radical (unpaired) electrons. The lowest BCUT2D eigenvalue weighted by Gasteiger charge is -2.23. The van der Waals surface area contributed by atoms with Gasteiger partial charge in [-0.2, -0.15) is 0 Å². The van der Waals surface area contributed by atoms with Crippen molar-refractivity contribution in [3.63, 3.8) is 0 Å². The van der Waals surface area contributed by atoms with Crippen molar-refractivity contribution in [3.05, 3.63) is 34.9 Å². The Hall–Kier alpha value is -1.06. The van der Waals surface area contributed by atoms with Gasteiger partial charge < -0.3 is 11.1 Å². The van der Waals surface area contributed by atoms with Gasteiger partial charge in [-0.15, -0.1) is 0 Å². The predicted molar refractivity (Wildman–Crippen MR) is 82.6 cm³/mol. The number of amides is 1. The minimum Gasteiger partial charge on any atom is -0.349 e. The lowest BCUT2D eigenvalue weighted by molar-refractivity contribution is -0.126. The van der Waals surface area contributed by atoms with E-state index in [4.69, 9.17) is 17.3 Å². The summed E-state index contributed by atoms with van der Waals surface area (Å²) in [7, 11) is 0. The zero-order valence-corrected chi connectivity index (χ0v) is 12.7. The van der Waals surface area contributed by atoms with E-state index >= 15 is 0 Å². The molecule has 2 rings (SSSR count). The number of benzene rings is 1. The summed E-state index contributed by atoms with van der Waals surface area (Å²) in [5.74, 6) is -0.00532. The van der Waals surface area contributed by atoms with Gasteiger partial charge in [0.1, 0.15) is 0 Å². The largest absolute Gasteiger partial charge is 0.349 e. The highest BCUT2D eigenvalue weighted by atomic mass is 35.5. The molecule has 3 nitrogen and oxygen atoms in total. The summed E-state index contributed by atoms with van der Waals surface area (Å²) in [5.41, 5.74) is 7.09. The molecule has 4 heteroatoms. The van der Waals surface area contributed by atoms with Crippen LogP contribution in [0.2, 0.25) is 5.02 Å². The summed E-state index contributed by atoms with van der Waals surface area (Å²) in [5, 5.41) is 3.75. The number of halogens is 1. The van der Waals surface area contributed by atoms with E-state index in [-0.39, 0.29) is 23.9 Å². The van der Waals surface area contributed by atoms with Crippen LogP contribution >= 0.6 is 11.6 Å². The number of hydrogen-bond acceptors (Lipinski definition) is 2. The van der Waals surface area contributed by atoms with E-state index in [0.717, 1.165) is 31.2 Å². The summed E-state index contributed by atoms with van der Waals surface area (Å²) in [6.45, 7) is 1.96. The van der Waals surface area contributed by atoms with E-state index in [1.165, 1.54) is 6.42 Å². The van der Waals surface area contributed by atoms with Gasteiger partial charge in [0.25, 0.3) is 0 Å². The Labute approximate surface area is 125 Å². The maximum absolute atomic E-state index is 12.4. The Morgan fingerprint density at radius 1 is 1.30 bits per heavy atom. The summed E-state index contributed by atoms with van der Waals surface area (Å²) >= 11 is 6.17. The van der Waals surface area contributed by atoms with E-state index < -0.39 is 0 Å². The number of hydrogen-bond donors (Lipinski definition) is 2. The third kappa shape index (κ3) is 3.74. The van der Waals surface area contributed by atoms with Crippen LogP contribution in [-0.2, 0) is 4.79 Å². The molecule has 0 saturated heterocycles. The minimum absolute atomic E-state index is 0.0176. The van der Waals surface area contributed by atoms with Gasteiger partial charge in [0.15, 0.2) is 0 Å². The van der Waals surface area contributed by atoms with Crippen molar-refractivity contribution in [2.75, 3.05) is 0 Å². The zero-order valence-electron chi connectivity index (χ0n) is 11.9. The average Bonchev–Trinajstić information content (AvgIpc) is 2.63. The predicted octanol–water partition coefficient (Wildman–Crippen LogP) is 3.42. The Balaban J connectivity index is 2.01. The molecule has 110 valence electrons. The van der Waals surface area contributed by atoms with Gasteiger partial charge in [-0.25, -0.2) is 0 Å². The van der Waals surface area contributed by atoms with Crippen LogP contribution in [0.4, 0.5) is 0 Å². The molecule has 3 atom stereocenters. The Morgan fingerprint density at radius 3 is 2.75 bits per heavy atom. The van der Waals surface area contributed by atoms with Crippen LogP contribution in [0.25, 0.3) is 0 Å². The highest BCUT2D eigenvalue weighted by Gasteiger charge is 2.28. The maximum atomic E-state index is 12.4. The Bertz CT molecular complexity index is 464. The quantitative estimate of drug-likeness (QED) is 0.839. The second-order valence-corrected chi connectivity index (χ2v) is 6.07. The molecule has 0 aliphatic heterocycles. The number of carbonyl (C=O) groups excluding carboxylic acids is 1. The van der Waals surface area contributed by atoms with Crippen molar-refractivity contribution in [1.29, 1.82) is 0 Å². The third-order valence-corrected chi connectivity index (χ3v) is 4.48. The fourth-order valence-corrected chi connectivity index (χ4v) is 3.19. The average molecular weight is 295 g/mol. The van der Waals surface area contributed by atoms with Crippen molar-refractivity contribution in [2.24, 2.45) is 11.7 Å². The topological polar surface area (TPSA) is 55.1 Å². The van der Waals surface area contributed by atoms with Crippen molar-refractivity contribution in [2.45, 2.75) is 51.1 Å². The maximum Gasteiger partial charge on any atom is 0.225 e. The van der Waals surface area contributed by atoms with Gasteiger partial charge in [-0.3, -0.25) is 4.79 Å². The van der Waals surface area contributed by atoms with Crippen LogP contribution < -0.4 is 11.1 Å². The first kappa shape index (κ1) is 15.3. The molecule has 20 heavy (non-hydrogen) atoms. The molecule has 3 unspecified atom stereocenters. The molecule has 0 spiro atoms. The lowest BCUT2D eigenvalue weighted by Crippen LogP contribution is -2.42. The Kier molecular flexibility index (Phi) is 5.44. The highest BCUT2D eigenvalue weighted by molar-refractivity contribution is 6.31. The van der Waals surface area contributed by atoms with Gasteiger partial charge in [-0.1, -0.05) is 49.1 Å². The van der Waals surface area contributed by atoms with Crippen molar-refractivity contribution < 1.29 is 4.79 Å². The first-order chi connectivity index (χ1) is 9.59. The molecule has 0 heterocycles. The Morgan fingerprint density at radius 2 is 2.00 bits per heavy atom. The standard InChI is InChI=1S/C16H23ClN2O/c1-11(12-7-5-6-9-14(12)17)19-16(20)13-8-3-2-4-10-15(13)18/h5-7,9,11,13,15H,2-4,8,10,18H2,1H3,(H,19,20). The molecule has 1 amide bonds. The van der Waals surface area contributed by atoms with E-state index in [1.807, 2.05) is 31.2 Å². The van der Waals surface area contributed by atoms with Gasteiger partial charge in [0.05, 0.1) is 12.0 Å². The van der Waals surface area contributed by atoms with Gasteiger partial charge in [0.2, 0.25) is 5.91 Å². The van der Waals surface area contributed by atoms with E-state index in [1.54, 1.807) is 0 Å². The molecular weight excluding hydrogens is 272 g/mol. The molecule has 1 fully saturated rings. The smallest absolute Gasteiger partial charge is 0.225 e. The minimum atomic E-state index is -0.0911. The SMILES string of the molecule is CC(NC(=O)C1CCCCCC1N)c1ccccc1Cl. The first-order valence-electron chi connectivity index (χ1n) is 7.40. The van der Waals surface area contributed by atoms with Crippen LogP contribution in [0.5, 0.6) is 0 Å². The van der Waals surface area contributed by atoms with Crippen LogP contribution in [0, 0.1) is 5.92 Å². The third-order valence-electron chi connectivity index (χ3n) is 4.14. The van der Waals surface area contributed by atoms with E-state index in [0.29, 0.717) is 5.02 Å². The molecule has 1 aromatic rings. The molecule has 0 aromatic heterocycles. The molecular formula is C16H23ClN2O. The summed E-state index contributed by atoms with van der Waals surface area (Å²) in [4.78, 5) is 12.4. The number of rotatable bonds is 3. The molecule has 1 saturated carbocycles. The number of nitrogens with one attached hydrogen (secondary N) is 1. The highest BCUT2D eigenvalue weighted by Crippen LogP contribution is 2.25. The van der Waals surface area contributed by atoms with Crippen LogP contribution in [0.1, 0.15) is 50.6 Å². The van der Waals surface area contributed by atoms with Gasteiger partial charge in [0, 0.05) is 11.1 Å². The summed E-state index contributed by atoms with van der Waals surface area (Å²) < 4.78 is 0. The second kappa shape index (κ2) is 7.09. The van der Waals surface area contributed by atoms with Crippen LogP contribution in [0.15, 0.2) is 24.3 Å². The normalized spacial score (nSPS) is 24.8. The first-order valence-corrected chi connectivity index (χ1v) is 7.77. The zero-order chi connectivity index (χ0) is 14.5. The molecule has 0 bridgehead atoms. The fraction of sp³-hybridized carbons (Fsp3) is 0.562. The van der Waals surface area contributed by atoms with Crippen molar-refractivity contribution >= 4 is 17.5 Å². The van der Waals surface area contributed by atoms with Crippen molar-refractivity contribution in [1.82, 2.24) is 5.32 Å². The number of carbonyl (C=O) groups is 1. The molecule has 1 aromatic carbocycles.